The van der Waals surface area contributed by atoms with E-state index in [-0.39, 0.29) is 6.61 Å². The normalized spacial score (nSPS) is 12.0. The van der Waals surface area contributed by atoms with E-state index in [9.17, 15) is 5.11 Å². The molecule has 0 fully saturated rings. The van der Waals surface area contributed by atoms with E-state index >= 15 is 0 Å². The summed E-state index contributed by atoms with van der Waals surface area (Å²) in [5, 5.41) is 13.1. The van der Waals surface area contributed by atoms with E-state index in [1.165, 1.54) is 5.56 Å². The third-order valence-electron chi connectivity index (χ3n) is 3.14. The van der Waals surface area contributed by atoms with Crippen LogP contribution in [0.5, 0.6) is 5.75 Å². The Kier molecular flexibility index (Phi) is 6.08. The van der Waals surface area contributed by atoms with Crippen molar-refractivity contribution in [3.8, 4) is 5.75 Å². The Morgan fingerprint density at radius 3 is 2.62 bits per heavy atom. The number of halogens is 1. The maximum Gasteiger partial charge on any atom is 0.120 e. The van der Waals surface area contributed by atoms with Gasteiger partial charge in [-0.05, 0) is 42.3 Å². The number of hydrogen-bond acceptors (Lipinski definition) is 3. The minimum atomic E-state index is -0.560. The first-order valence-corrected chi connectivity index (χ1v) is 7.86. The Hall–Kier alpha value is -1.52. The van der Waals surface area contributed by atoms with Crippen LogP contribution in [0.4, 0.5) is 5.69 Å². The molecule has 2 N–H and O–H groups in total. The molecule has 0 aliphatic rings. The molecule has 0 radical (unpaired) electrons. The van der Waals surface area contributed by atoms with Crippen molar-refractivity contribution < 1.29 is 9.84 Å². The van der Waals surface area contributed by atoms with E-state index in [1.54, 1.807) is 0 Å². The van der Waals surface area contributed by atoms with Crippen LogP contribution in [-0.2, 0) is 6.42 Å². The molecule has 0 amide bonds. The monoisotopic (exact) mass is 349 g/mol. The molecule has 0 aliphatic carbocycles. The average molecular weight is 350 g/mol. The summed E-state index contributed by atoms with van der Waals surface area (Å²) in [6, 6.07) is 15.8. The van der Waals surface area contributed by atoms with Crippen LogP contribution < -0.4 is 10.1 Å². The van der Waals surface area contributed by atoms with Crippen LogP contribution in [-0.4, -0.2) is 24.4 Å². The van der Waals surface area contributed by atoms with E-state index < -0.39 is 6.10 Å². The number of aliphatic hydroxyl groups excluding tert-OH is 1. The topological polar surface area (TPSA) is 41.5 Å². The van der Waals surface area contributed by atoms with Crippen LogP contribution >= 0.6 is 15.9 Å². The second-order valence-electron chi connectivity index (χ2n) is 4.85. The lowest BCUT2D eigenvalue weighted by Gasteiger charge is -2.14. The van der Waals surface area contributed by atoms with Gasteiger partial charge in [0.15, 0.2) is 0 Å². The fourth-order valence-corrected chi connectivity index (χ4v) is 2.28. The lowest BCUT2D eigenvalue weighted by molar-refractivity contribution is 0.117. The smallest absolute Gasteiger partial charge is 0.120 e. The average Bonchev–Trinajstić information content (AvgIpc) is 2.51. The van der Waals surface area contributed by atoms with Crippen LogP contribution in [0, 0.1) is 0 Å². The van der Waals surface area contributed by atoms with Gasteiger partial charge < -0.3 is 15.2 Å². The standard InChI is InChI=1S/C17H20BrNO2/c1-2-13-6-8-15(9-7-13)19-11-16(20)12-21-17-5-3-4-14(18)10-17/h3-10,16,19-20H,2,11-12H2,1H3. The van der Waals surface area contributed by atoms with Gasteiger partial charge in [-0.15, -0.1) is 0 Å². The van der Waals surface area contributed by atoms with Crippen molar-refractivity contribution in [2.75, 3.05) is 18.5 Å². The molecule has 1 atom stereocenters. The van der Waals surface area contributed by atoms with E-state index in [2.05, 4.69) is 40.3 Å². The maximum atomic E-state index is 9.94. The Morgan fingerprint density at radius 2 is 1.95 bits per heavy atom. The Balaban J connectivity index is 1.75. The van der Waals surface area contributed by atoms with Crippen molar-refractivity contribution in [1.29, 1.82) is 0 Å². The zero-order chi connectivity index (χ0) is 15.1. The molecule has 112 valence electrons. The molecule has 0 bridgehead atoms. The minimum absolute atomic E-state index is 0.260. The molecule has 0 aliphatic heterocycles. The predicted molar refractivity (Wildman–Crippen MR) is 90.0 cm³/mol. The second-order valence-corrected chi connectivity index (χ2v) is 5.77. The van der Waals surface area contributed by atoms with Crippen LogP contribution in [0.15, 0.2) is 53.0 Å². The van der Waals surface area contributed by atoms with E-state index in [0.717, 1.165) is 22.3 Å². The Labute approximate surface area is 134 Å². The maximum absolute atomic E-state index is 9.94. The van der Waals surface area contributed by atoms with Gasteiger partial charge in [0.1, 0.15) is 18.5 Å². The number of nitrogens with one attached hydrogen (secondary N) is 1. The second kappa shape index (κ2) is 8.05. The summed E-state index contributed by atoms with van der Waals surface area (Å²) in [5.41, 5.74) is 2.31. The molecular weight excluding hydrogens is 330 g/mol. The summed E-state index contributed by atoms with van der Waals surface area (Å²) in [5.74, 6) is 0.746. The summed E-state index contributed by atoms with van der Waals surface area (Å²) in [6.07, 6.45) is 0.471. The molecule has 0 saturated heterocycles. The predicted octanol–water partition coefficient (Wildman–Crippen LogP) is 3.86. The summed E-state index contributed by atoms with van der Waals surface area (Å²) >= 11 is 3.39. The van der Waals surface area contributed by atoms with Crippen LogP contribution in [0.25, 0.3) is 0 Å². The van der Waals surface area contributed by atoms with Gasteiger partial charge in [-0.25, -0.2) is 0 Å². The van der Waals surface area contributed by atoms with Gasteiger partial charge in [0.2, 0.25) is 0 Å². The molecule has 0 aromatic heterocycles. The number of hydrogen-bond donors (Lipinski definition) is 2. The summed E-state index contributed by atoms with van der Waals surface area (Å²) in [7, 11) is 0. The lowest BCUT2D eigenvalue weighted by Crippen LogP contribution is -2.26. The first-order chi connectivity index (χ1) is 10.2. The van der Waals surface area contributed by atoms with Crippen molar-refractivity contribution in [3.05, 3.63) is 58.6 Å². The number of anilines is 1. The highest BCUT2D eigenvalue weighted by Gasteiger charge is 2.05. The molecule has 4 heteroatoms. The fraction of sp³-hybridized carbons (Fsp3) is 0.294. The lowest BCUT2D eigenvalue weighted by atomic mass is 10.1. The van der Waals surface area contributed by atoms with Crippen LogP contribution in [0.2, 0.25) is 0 Å². The van der Waals surface area contributed by atoms with E-state index in [0.29, 0.717) is 6.54 Å². The van der Waals surface area contributed by atoms with E-state index in [1.807, 2.05) is 36.4 Å². The first-order valence-electron chi connectivity index (χ1n) is 7.06. The van der Waals surface area contributed by atoms with Gasteiger partial charge >= 0.3 is 0 Å². The number of aliphatic hydroxyl groups is 1. The van der Waals surface area contributed by atoms with Gasteiger partial charge in [0.05, 0.1) is 0 Å². The largest absolute Gasteiger partial charge is 0.491 e. The zero-order valence-electron chi connectivity index (χ0n) is 12.1. The van der Waals surface area contributed by atoms with Crippen molar-refractivity contribution in [3.63, 3.8) is 0 Å². The van der Waals surface area contributed by atoms with Gasteiger partial charge in [-0.1, -0.05) is 41.1 Å². The van der Waals surface area contributed by atoms with Gasteiger partial charge in [-0.3, -0.25) is 0 Å². The number of rotatable bonds is 7. The first kappa shape index (κ1) is 15.9. The molecular formula is C17H20BrNO2. The molecule has 0 heterocycles. The molecule has 2 rings (SSSR count). The summed E-state index contributed by atoms with van der Waals surface area (Å²) in [6.45, 7) is 2.85. The minimum Gasteiger partial charge on any atom is -0.491 e. The Bertz CT molecular complexity index is 557. The fourth-order valence-electron chi connectivity index (χ4n) is 1.90. The Morgan fingerprint density at radius 1 is 1.19 bits per heavy atom. The highest BCUT2D eigenvalue weighted by Crippen LogP contribution is 2.18. The van der Waals surface area contributed by atoms with Gasteiger partial charge in [0, 0.05) is 16.7 Å². The number of ether oxygens (including phenoxy) is 1. The third-order valence-corrected chi connectivity index (χ3v) is 3.64. The molecule has 0 spiro atoms. The molecule has 2 aromatic rings. The highest BCUT2D eigenvalue weighted by molar-refractivity contribution is 9.10. The molecule has 2 aromatic carbocycles. The van der Waals surface area contributed by atoms with Gasteiger partial charge in [-0.2, -0.15) is 0 Å². The van der Waals surface area contributed by atoms with E-state index in [4.69, 9.17) is 4.74 Å². The van der Waals surface area contributed by atoms with Gasteiger partial charge in [0.25, 0.3) is 0 Å². The number of aryl methyl sites for hydroxylation is 1. The number of benzene rings is 2. The zero-order valence-corrected chi connectivity index (χ0v) is 13.6. The molecule has 3 nitrogen and oxygen atoms in total. The third kappa shape index (κ3) is 5.40. The van der Waals surface area contributed by atoms with Crippen molar-refractivity contribution in [2.24, 2.45) is 0 Å². The molecule has 1 unspecified atom stereocenters. The molecule has 21 heavy (non-hydrogen) atoms. The van der Waals surface area contributed by atoms with Crippen molar-refractivity contribution in [1.82, 2.24) is 0 Å². The quantitative estimate of drug-likeness (QED) is 0.797. The van der Waals surface area contributed by atoms with Crippen molar-refractivity contribution >= 4 is 21.6 Å². The van der Waals surface area contributed by atoms with Crippen LogP contribution in [0.3, 0.4) is 0 Å². The van der Waals surface area contributed by atoms with Crippen molar-refractivity contribution in [2.45, 2.75) is 19.4 Å². The molecule has 0 saturated carbocycles. The summed E-state index contributed by atoms with van der Waals surface area (Å²) in [4.78, 5) is 0. The summed E-state index contributed by atoms with van der Waals surface area (Å²) < 4.78 is 6.52. The SMILES string of the molecule is CCc1ccc(NCC(O)COc2cccc(Br)c2)cc1. The highest BCUT2D eigenvalue weighted by atomic mass is 79.9. The van der Waals surface area contributed by atoms with Crippen LogP contribution in [0.1, 0.15) is 12.5 Å².